The van der Waals surface area contributed by atoms with Crippen LogP contribution in [-0.4, -0.2) is 29.1 Å². The molecule has 148 valence electrons. The van der Waals surface area contributed by atoms with E-state index < -0.39 is 36.4 Å². The van der Waals surface area contributed by atoms with E-state index in [4.69, 9.17) is 4.74 Å². The smallest absolute Gasteiger partial charge is 0.415 e. The first-order chi connectivity index (χ1) is 13.3. The van der Waals surface area contributed by atoms with E-state index in [1.54, 1.807) is 0 Å². The van der Waals surface area contributed by atoms with Gasteiger partial charge in [0.15, 0.2) is 11.6 Å². The largest absolute Gasteiger partial charge is 0.432 e. The number of cyclic esters (lactones) is 1. The zero-order chi connectivity index (χ0) is 20.3. The van der Waals surface area contributed by atoms with E-state index in [2.05, 4.69) is 9.72 Å². The molecule has 5 nitrogen and oxygen atoms in total. The molecule has 0 saturated carbocycles. The summed E-state index contributed by atoms with van der Waals surface area (Å²) in [4.78, 5) is 16.6. The zero-order valence-corrected chi connectivity index (χ0v) is 14.1. The third-order valence-corrected chi connectivity index (χ3v) is 3.90. The number of nitrogens with zero attached hydrogens (tertiary/aromatic N) is 2. The predicted molar refractivity (Wildman–Crippen MR) is 87.3 cm³/mol. The van der Waals surface area contributed by atoms with Gasteiger partial charge in [0, 0.05) is 18.3 Å². The van der Waals surface area contributed by atoms with E-state index in [1.165, 1.54) is 29.4 Å². The summed E-state index contributed by atoms with van der Waals surface area (Å²) >= 11 is 0. The highest BCUT2D eigenvalue weighted by Crippen LogP contribution is 2.31. The van der Waals surface area contributed by atoms with E-state index in [9.17, 15) is 26.7 Å². The SMILES string of the molecule is O=C1OC=CCN1Cc1cc(-c2ccc(F)c(OC(F)F)c2)cnc1C(F)F. The summed E-state index contributed by atoms with van der Waals surface area (Å²) in [6.45, 7) is -3.27. The Hall–Kier alpha value is -3.17. The molecule has 1 aromatic carbocycles. The van der Waals surface area contributed by atoms with Crippen molar-refractivity contribution in [1.29, 1.82) is 0 Å². The Morgan fingerprint density at radius 1 is 1.18 bits per heavy atom. The van der Waals surface area contributed by atoms with E-state index in [0.717, 1.165) is 18.3 Å². The van der Waals surface area contributed by atoms with Gasteiger partial charge in [-0.15, -0.1) is 0 Å². The van der Waals surface area contributed by atoms with Gasteiger partial charge in [-0.25, -0.2) is 18.0 Å². The van der Waals surface area contributed by atoms with E-state index >= 15 is 0 Å². The van der Waals surface area contributed by atoms with Crippen molar-refractivity contribution in [3.8, 4) is 16.9 Å². The second-order valence-electron chi connectivity index (χ2n) is 5.73. The number of carbonyl (C=O) groups is 1. The molecule has 0 fully saturated rings. The van der Waals surface area contributed by atoms with Gasteiger partial charge in [-0.05, 0) is 35.4 Å². The number of hydrogen-bond donors (Lipinski definition) is 0. The molecule has 10 heteroatoms. The average molecular weight is 400 g/mol. The fourth-order valence-corrected chi connectivity index (χ4v) is 2.63. The summed E-state index contributed by atoms with van der Waals surface area (Å²) in [5.74, 6) is -1.68. The van der Waals surface area contributed by atoms with Crippen LogP contribution < -0.4 is 4.74 Å². The minimum Gasteiger partial charge on any atom is -0.432 e. The molecule has 3 rings (SSSR count). The Morgan fingerprint density at radius 2 is 1.96 bits per heavy atom. The van der Waals surface area contributed by atoms with Crippen LogP contribution in [0.4, 0.5) is 26.7 Å². The van der Waals surface area contributed by atoms with Gasteiger partial charge in [-0.1, -0.05) is 6.07 Å². The van der Waals surface area contributed by atoms with Crippen LogP contribution >= 0.6 is 0 Å². The number of rotatable bonds is 6. The normalized spacial score (nSPS) is 14.0. The molecule has 1 amide bonds. The minimum absolute atomic E-state index is 0.0420. The predicted octanol–water partition coefficient (Wildman–Crippen LogP) is 4.89. The molecule has 1 aliphatic heterocycles. The number of carbonyl (C=O) groups excluding carboxylic acids is 1. The first-order valence-electron chi connectivity index (χ1n) is 7.97. The van der Waals surface area contributed by atoms with Crippen LogP contribution in [0.5, 0.6) is 5.75 Å². The maximum atomic E-state index is 13.6. The number of halogens is 5. The summed E-state index contributed by atoms with van der Waals surface area (Å²) < 4.78 is 73.8. The molecule has 2 heterocycles. The molecule has 0 saturated heterocycles. The van der Waals surface area contributed by atoms with Gasteiger partial charge >= 0.3 is 12.7 Å². The first-order valence-corrected chi connectivity index (χ1v) is 7.97. The van der Waals surface area contributed by atoms with E-state index in [1.807, 2.05) is 0 Å². The molecule has 0 aliphatic carbocycles. The van der Waals surface area contributed by atoms with Crippen molar-refractivity contribution in [3.63, 3.8) is 0 Å². The van der Waals surface area contributed by atoms with Crippen LogP contribution in [0, 0.1) is 5.82 Å². The number of alkyl halides is 4. The van der Waals surface area contributed by atoms with Crippen molar-refractivity contribution in [1.82, 2.24) is 9.88 Å². The Balaban J connectivity index is 1.97. The summed E-state index contributed by atoms with van der Waals surface area (Å²) in [5.41, 5.74) is 0.00448. The second kappa shape index (κ2) is 8.24. The third-order valence-electron chi connectivity index (χ3n) is 3.90. The van der Waals surface area contributed by atoms with Crippen LogP contribution in [0.15, 0.2) is 42.8 Å². The molecular weight excluding hydrogens is 387 g/mol. The van der Waals surface area contributed by atoms with Crippen molar-refractivity contribution >= 4 is 6.09 Å². The highest BCUT2D eigenvalue weighted by molar-refractivity contribution is 5.70. The maximum absolute atomic E-state index is 13.6. The van der Waals surface area contributed by atoms with Crippen LogP contribution in [-0.2, 0) is 11.3 Å². The lowest BCUT2D eigenvalue weighted by Crippen LogP contribution is -2.33. The molecule has 0 unspecified atom stereocenters. The van der Waals surface area contributed by atoms with Crippen molar-refractivity contribution in [2.24, 2.45) is 0 Å². The Bertz CT molecular complexity index is 905. The molecule has 0 spiro atoms. The number of aromatic nitrogens is 1. The van der Waals surface area contributed by atoms with Gasteiger partial charge in [0.1, 0.15) is 5.69 Å². The maximum Gasteiger partial charge on any atom is 0.415 e. The van der Waals surface area contributed by atoms with Gasteiger partial charge < -0.3 is 9.47 Å². The van der Waals surface area contributed by atoms with Crippen LogP contribution in [0.2, 0.25) is 0 Å². The van der Waals surface area contributed by atoms with Crippen molar-refractivity contribution in [2.75, 3.05) is 6.54 Å². The zero-order valence-electron chi connectivity index (χ0n) is 14.1. The summed E-state index contributed by atoms with van der Waals surface area (Å²) in [5, 5.41) is 0. The molecule has 0 atom stereocenters. The Kier molecular flexibility index (Phi) is 5.76. The lowest BCUT2D eigenvalue weighted by molar-refractivity contribution is -0.0521. The van der Waals surface area contributed by atoms with Crippen molar-refractivity contribution in [2.45, 2.75) is 19.6 Å². The monoisotopic (exact) mass is 400 g/mol. The molecule has 0 bridgehead atoms. The molecule has 28 heavy (non-hydrogen) atoms. The first kappa shape index (κ1) is 19.6. The summed E-state index contributed by atoms with van der Waals surface area (Å²) in [7, 11) is 0. The van der Waals surface area contributed by atoms with Gasteiger partial charge in [-0.3, -0.25) is 9.88 Å². The Morgan fingerprint density at radius 3 is 2.64 bits per heavy atom. The van der Waals surface area contributed by atoms with Gasteiger partial charge in [0.2, 0.25) is 0 Å². The molecule has 2 aromatic rings. The standard InChI is InChI=1S/C18H13F5N2O3/c19-13-3-2-10(7-14(13)28-17(22)23)11-6-12(15(16(20)21)24-8-11)9-25-4-1-5-27-18(25)26/h1-3,5-8,16-17H,4,9H2. The lowest BCUT2D eigenvalue weighted by Gasteiger charge is -2.23. The topological polar surface area (TPSA) is 51.7 Å². The molecule has 0 N–H and O–H groups in total. The summed E-state index contributed by atoms with van der Waals surface area (Å²) in [6.07, 6.45) is 0.242. The number of ether oxygens (including phenoxy) is 2. The number of pyridine rings is 1. The summed E-state index contributed by atoms with van der Waals surface area (Å²) in [6, 6.07) is 4.54. The number of amides is 1. The molecule has 0 radical (unpaired) electrons. The van der Waals surface area contributed by atoms with Crippen LogP contribution in [0.1, 0.15) is 17.7 Å². The fourth-order valence-electron chi connectivity index (χ4n) is 2.63. The molecular formula is C18H13F5N2O3. The van der Waals surface area contributed by atoms with Gasteiger partial charge in [0.05, 0.1) is 12.8 Å². The molecule has 1 aromatic heterocycles. The van der Waals surface area contributed by atoms with Gasteiger partial charge in [-0.2, -0.15) is 8.78 Å². The highest BCUT2D eigenvalue weighted by atomic mass is 19.3. The highest BCUT2D eigenvalue weighted by Gasteiger charge is 2.22. The van der Waals surface area contributed by atoms with Crippen molar-refractivity contribution in [3.05, 3.63) is 59.9 Å². The van der Waals surface area contributed by atoms with Crippen LogP contribution in [0.25, 0.3) is 11.1 Å². The molecule has 1 aliphatic rings. The third kappa shape index (κ3) is 4.38. The minimum atomic E-state index is -3.22. The average Bonchev–Trinajstić information content (AvgIpc) is 2.65. The second-order valence-corrected chi connectivity index (χ2v) is 5.73. The number of hydrogen-bond acceptors (Lipinski definition) is 4. The fraction of sp³-hybridized carbons (Fsp3) is 0.222. The van der Waals surface area contributed by atoms with E-state index in [-0.39, 0.29) is 29.8 Å². The Labute approximate surface area is 156 Å². The van der Waals surface area contributed by atoms with Crippen LogP contribution in [0.3, 0.4) is 0 Å². The quantitative estimate of drug-likeness (QED) is 0.648. The lowest BCUT2D eigenvalue weighted by atomic mass is 10.0. The van der Waals surface area contributed by atoms with Gasteiger partial charge in [0.25, 0.3) is 6.43 Å². The van der Waals surface area contributed by atoms with Crippen molar-refractivity contribution < 1.29 is 36.2 Å². The van der Waals surface area contributed by atoms with E-state index in [0.29, 0.717) is 0 Å². The number of benzene rings is 1.